The molecule has 9 heteroatoms. The zero-order valence-electron chi connectivity index (χ0n) is 15.0. The van der Waals surface area contributed by atoms with Gasteiger partial charge in [-0.05, 0) is 30.3 Å². The fraction of sp³-hybridized carbons (Fsp3) is 0.105. The van der Waals surface area contributed by atoms with Crippen LogP contribution in [0.1, 0.15) is 20.8 Å². The molecule has 0 unspecified atom stereocenters. The van der Waals surface area contributed by atoms with Crippen molar-refractivity contribution in [2.45, 2.75) is 0 Å². The van der Waals surface area contributed by atoms with E-state index >= 15 is 0 Å². The predicted octanol–water partition coefficient (Wildman–Crippen LogP) is 4.24. The third kappa shape index (κ3) is 4.27. The smallest absolute Gasteiger partial charge is 0.276 e. The fourth-order valence-corrected chi connectivity index (χ4v) is 2.94. The number of carbonyl (C=O) groups is 2. The van der Waals surface area contributed by atoms with Crippen LogP contribution in [-0.2, 0) is 7.05 Å². The maximum Gasteiger partial charge on any atom is 0.276 e. The number of nitrogens with one attached hydrogen (secondary N) is 2. The number of carbonyl (C=O) groups excluding carboxylic acids is 2. The molecule has 3 aromatic rings. The van der Waals surface area contributed by atoms with Crippen molar-refractivity contribution in [3.8, 4) is 5.75 Å². The number of rotatable bonds is 5. The van der Waals surface area contributed by atoms with Crippen molar-refractivity contribution in [1.82, 2.24) is 9.78 Å². The third-order valence-corrected chi connectivity index (χ3v) is 4.51. The summed E-state index contributed by atoms with van der Waals surface area (Å²) in [5.74, 6) is 0.00229. The van der Waals surface area contributed by atoms with Crippen molar-refractivity contribution >= 4 is 46.5 Å². The summed E-state index contributed by atoms with van der Waals surface area (Å²) in [7, 11) is 3.12. The highest BCUT2D eigenvalue weighted by Gasteiger charge is 2.17. The standard InChI is InChI=1S/C19H16Cl2N4O3/c1-25-17(23-18(26)12-5-3-4-6-13(12)20)10-15(24-25)19(27)22-11-7-8-16(28-2)14(21)9-11/h3-10H,1-2H3,(H,22,27)(H,23,26). The Morgan fingerprint density at radius 2 is 1.75 bits per heavy atom. The van der Waals surface area contributed by atoms with E-state index in [1.165, 1.54) is 17.9 Å². The van der Waals surface area contributed by atoms with E-state index in [1.54, 1.807) is 49.5 Å². The number of anilines is 2. The van der Waals surface area contributed by atoms with Gasteiger partial charge in [0.05, 0.1) is 22.7 Å². The van der Waals surface area contributed by atoms with E-state index < -0.39 is 11.8 Å². The van der Waals surface area contributed by atoms with Crippen LogP contribution < -0.4 is 15.4 Å². The molecular weight excluding hydrogens is 403 g/mol. The summed E-state index contributed by atoms with van der Waals surface area (Å²) in [5, 5.41) is 10.2. The molecule has 0 aliphatic heterocycles. The summed E-state index contributed by atoms with van der Waals surface area (Å²) in [4.78, 5) is 24.9. The van der Waals surface area contributed by atoms with Crippen LogP contribution in [0.5, 0.6) is 5.75 Å². The van der Waals surface area contributed by atoms with Crippen LogP contribution in [0, 0.1) is 0 Å². The highest BCUT2D eigenvalue weighted by Crippen LogP contribution is 2.27. The Hall–Kier alpha value is -3.03. The van der Waals surface area contributed by atoms with Gasteiger partial charge in [0.1, 0.15) is 11.6 Å². The first kappa shape index (κ1) is 19.7. The molecule has 3 rings (SSSR count). The number of aromatic nitrogens is 2. The number of nitrogens with zero attached hydrogens (tertiary/aromatic N) is 2. The van der Waals surface area contributed by atoms with Crippen molar-refractivity contribution in [1.29, 1.82) is 0 Å². The zero-order valence-corrected chi connectivity index (χ0v) is 16.5. The summed E-state index contributed by atoms with van der Waals surface area (Å²) < 4.78 is 6.47. The number of methoxy groups -OCH3 is 1. The van der Waals surface area contributed by atoms with Crippen molar-refractivity contribution in [3.63, 3.8) is 0 Å². The van der Waals surface area contributed by atoms with Gasteiger partial charge in [0.15, 0.2) is 5.69 Å². The SMILES string of the molecule is COc1ccc(NC(=O)c2cc(NC(=O)c3ccccc3Cl)n(C)n2)cc1Cl. The monoisotopic (exact) mass is 418 g/mol. The first-order chi connectivity index (χ1) is 13.4. The van der Waals surface area contributed by atoms with Crippen LogP contribution in [0.15, 0.2) is 48.5 Å². The Kier molecular flexibility index (Phi) is 5.87. The van der Waals surface area contributed by atoms with Gasteiger partial charge in [-0.1, -0.05) is 35.3 Å². The average molecular weight is 419 g/mol. The molecular formula is C19H16Cl2N4O3. The molecule has 1 heterocycles. The van der Waals surface area contributed by atoms with Crippen LogP contribution in [-0.4, -0.2) is 28.7 Å². The number of ether oxygens (including phenoxy) is 1. The van der Waals surface area contributed by atoms with Crippen LogP contribution >= 0.6 is 23.2 Å². The molecule has 1 aromatic heterocycles. The number of halogens is 2. The second kappa shape index (κ2) is 8.33. The first-order valence-electron chi connectivity index (χ1n) is 8.14. The van der Waals surface area contributed by atoms with Crippen molar-refractivity contribution < 1.29 is 14.3 Å². The van der Waals surface area contributed by atoms with E-state index in [0.717, 1.165) is 0 Å². The minimum Gasteiger partial charge on any atom is -0.495 e. The number of hydrogen-bond donors (Lipinski definition) is 2. The highest BCUT2D eigenvalue weighted by atomic mass is 35.5. The summed E-state index contributed by atoms with van der Waals surface area (Å²) >= 11 is 12.1. The highest BCUT2D eigenvalue weighted by molar-refractivity contribution is 6.34. The predicted molar refractivity (Wildman–Crippen MR) is 109 cm³/mol. The van der Waals surface area contributed by atoms with Gasteiger partial charge in [0.25, 0.3) is 11.8 Å². The summed E-state index contributed by atoms with van der Waals surface area (Å²) in [6.07, 6.45) is 0. The molecule has 0 saturated heterocycles. The van der Waals surface area contributed by atoms with Gasteiger partial charge in [-0.3, -0.25) is 14.3 Å². The van der Waals surface area contributed by atoms with Gasteiger partial charge in [0.2, 0.25) is 0 Å². The fourth-order valence-electron chi connectivity index (χ4n) is 2.46. The number of aryl methyl sites for hydroxylation is 1. The Labute approximate surface area is 171 Å². The minimum atomic E-state index is -0.449. The largest absolute Gasteiger partial charge is 0.495 e. The molecule has 2 amide bonds. The van der Waals surface area contributed by atoms with Crippen LogP contribution in [0.25, 0.3) is 0 Å². The molecule has 7 nitrogen and oxygen atoms in total. The Morgan fingerprint density at radius 1 is 1.00 bits per heavy atom. The lowest BCUT2D eigenvalue weighted by atomic mass is 10.2. The van der Waals surface area contributed by atoms with Crippen molar-refractivity contribution in [2.75, 3.05) is 17.7 Å². The molecule has 2 aromatic carbocycles. The molecule has 0 aliphatic rings. The topological polar surface area (TPSA) is 85.3 Å². The molecule has 0 bridgehead atoms. The van der Waals surface area contributed by atoms with E-state index in [2.05, 4.69) is 15.7 Å². The molecule has 2 N–H and O–H groups in total. The van der Waals surface area contributed by atoms with E-state index in [-0.39, 0.29) is 5.69 Å². The Bertz CT molecular complexity index is 1050. The summed E-state index contributed by atoms with van der Waals surface area (Å²) in [6, 6.07) is 13.0. The van der Waals surface area contributed by atoms with Crippen LogP contribution in [0.2, 0.25) is 10.0 Å². The minimum absolute atomic E-state index is 0.129. The van der Waals surface area contributed by atoms with Gasteiger partial charge >= 0.3 is 0 Å². The average Bonchev–Trinajstić information content (AvgIpc) is 3.03. The van der Waals surface area contributed by atoms with E-state index in [0.29, 0.717) is 32.9 Å². The molecule has 0 atom stereocenters. The maximum absolute atomic E-state index is 12.5. The van der Waals surface area contributed by atoms with Crippen molar-refractivity contribution in [3.05, 3.63) is 69.8 Å². The van der Waals surface area contributed by atoms with E-state index in [4.69, 9.17) is 27.9 Å². The molecule has 0 saturated carbocycles. The van der Waals surface area contributed by atoms with Gasteiger partial charge in [-0.2, -0.15) is 5.10 Å². The van der Waals surface area contributed by atoms with Crippen LogP contribution in [0.4, 0.5) is 11.5 Å². The Balaban J connectivity index is 1.74. The van der Waals surface area contributed by atoms with Gasteiger partial charge in [-0.15, -0.1) is 0 Å². The second-order valence-corrected chi connectivity index (χ2v) is 6.59. The normalized spacial score (nSPS) is 10.4. The maximum atomic E-state index is 12.5. The van der Waals surface area contributed by atoms with E-state index in [1.807, 2.05) is 0 Å². The number of hydrogen-bond acceptors (Lipinski definition) is 4. The van der Waals surface area contributed by atoms with Gasteiger partial charge in [-0.25, -0.2) is 0 Å². The Morgan fingerprint density at radius 3 is 2.43 bits per heavy atom. The lowest BCUT2D eigenvalue weighted by molar-refractivity contribution is 0.101. The van der Waals surface area contributed by atoms with Gasteiger partial charge in [0, 0.05) is 18.8 Å². The van der Waals surface area contributed by atoms with Crippen LogP contribution in [0.3, 0.4) is 0 Å². The molecule has 0 radical (unpaired) electrons. The number of benzene rings is 2. The van der Waals surface area contributed by atoms with Gasteiger partial charge < -0.3 is 15.4 Å². The quantitative estimate of drug-likeness (QED) is 0.648. The molecule has 0 aliphatic carbocycles. The molecule has 0 spiro atoms. The van der Waals surface area contributed by atoms with Crippen molar-refractivity contribution in [2.24, 2.45) is 7.05 Å². The molecule has 144 valence electrons. The molecule has 28 heavy (non-hydrogen) atoms. The lowest BCUT2D eigenvalue weighted by Crippen LogP contribution is -2.14. The summed E-state index contributed by atoms with van der Waals surface area (Å²) in [5.41, 5.74) is 0.941. The third-order valence-electron chi connectivity index (χ3n) is 3.88. The second-order valence-electron chi connectivity index (χ2n) is 5.78. The zero-order chi connectivity index (χ0) is 20.3. The number of amides is 2. The lowest BCUT2D eigenvalue weighted by Gasteiger charge is -2.06. The summed E-state index contributed by atoms with van der Waals surface area (Å²) in [6.45, 7) is 0. The molecule has 0 fully saturated rings. The first-order valence-corrected chi connectivity index (χ1v) is 8.89. The van der Waals surface area contributed by atoms with E-state index in [9.17, 15) is 9.59 Å².